The summed E-state index contributed by atoms with van der Waals surface area (Å²) in [5.41, 5.74) is 0.583. The van der Waals surface area contributed by atoms with E-state index in [1.54, 1.807) is 18.2 Å². The van der Waals surface area contributed by atoms with Gasteiger partial charge in [-0.05, 0) is 43.0 Å². The van der Waals surface area contributed by atoms with Crippen molar-refractivity contribution in [3.05, 3.63) is 23.8 Å². The predicted molar refractivity (Wildman–Crippen MR) is 81.0 cm³/mol. The molecule has 1 fully saturated rings. The molecule has 118 valence electrons. The summed E-state index contributed by atoms with van der Waals surface area (Å²) in [6.45, 7) is -0.0981. The molecule has 1 saturated carbocycles. The van der Waals surface area contributed by atoms with Crippen LogP contribution in [0.5, 0.6) is 5.75 Å². The second kappa shape index (κ2) is 7.24. The fourth-order valence-electron chi connectivity index (χ4n) is 2.76. The second-order valence-electron chi connectivity index (χ2n) is 5.40. The van der Waals surface area contributed by atoms with Crippen LogP contribution in [-0.2, 0) is 16.4 Å². The monoisotopic (exact) mass is 313 g/mol. The van der Waals surface area contributed by atoms with Gasteiger partial charge < -0.3 is 9.84 Å². The highest BCUT2D eigenvalue weighted by molar-refractivity contribution is 7.89. The zero-order chi connectivity index (χ0) is 15.3. The van der Waals surface area contributed by atoms with Gasteiger partial charge in [-0.2, -0.15) is 0 Å². The van der Waals surface area contributed by atoms with Crippen LogP contribution in [0.3, 0.4) is 0 Å². The Bertz CT molecular complexity index is 565. The topological polar surface area (TPSA) is 75.6 Å². The normalized spacial score (nSPS) is 16.9. The minimum absolute atomic E-state index is 0.0211. The Morgan fingerprint density at radius 3 is 2.62 bits per heavy atom. The van der Waals surface area contributed by atoms with Gasteiger partial charge in [0.1, 0.15) is 5.75 Å². The first-order chi connectivity index (χ1) is 10.1. The van der Waals surface area contributed by atoms with Gasteiger partial charge in [-0.25, -0.2) is 13.1 Å². The van der Waals surface area contributed by atoms with Gasteiger partial charge in [0.25, 0.3) is 0 Å². The maximum Gasteiger partial charge on any atom is 0.241 e. The van der Waals surface area contributed by atoms with Crippen molar-refractivity contribution in [1.29, 1.82) is 0 Å². The van der Waals surface area contributed by atoms with E-state index in [1.807, 2.05) is 0 Å². The van der Waals surface area contributed by atoms with Gasteiger partial charge >= 0.3 is 0 Å². The van der Waals surface area contributed by atoms with Crippen LogP contribution in [-0.4, -0.2) is 33.3 Å². The molecule has 0 aromatic heterocycles. The first-order valence-electron chi connectivity index (χ1n) is 7.37. The summed E-state index contributed by atoms with van der Waals surface area (Å²) in [5, 5.41) is 9.14. The average Bonchev–Trinajstić information content (AvgIpc) is 2.48. The Labute approximate surface area is 126 Å². The summed E-state index contributed by atoms with van der Waals surface area (Å²) >= 11 is 0. The van der Waals surface area contributed by atoms with Crippen LogP contribution in [0.25, 0.3) is 0 Å². The highest BCUT2D eigenvalue weighted by Gasteiger charge is 2.24. The number of hydrogen-bond acceptors (Lipinski definition) is 4. The van der Waals surface area contributed by atoms with Crippen LogP contribution >= 0.6 is 0 Å². The molecule has 0 spiro atoms. The molecule has 1 aliphatic carbocycles. The fourth-order valence-corrected chi connectivity index (χ4v) is 4.32. The number of sulfonamides is 1. The molecule has 1 aromatic carbocycles. The maximum absolute atomic E-state index is 12.6. The summed E-state index contributed by atoms with van der Waals surface area (Å²) in [5.74, 6) is 0.593. The molecule has 21 heavy (non-hydrogen) atoms. The number of aliphatic hydroxyl groups is 1. The number of benzene rings is 1. The maximum atomic E-state index is 12.6. The SMILES string of the molecule is COc1ccc(S(=O)(=O)NC2CCCCC2)c(CCO)c1. The van der Waals surface area contributed by atoms with Crippen LogP contribution < -0.4 is 9.46 Å². The quantitative estimate of drug-likeness (QED) is 0.840. The van der Waals surface area contributed by atoms with Crippen molar-refractivity contribution in [2.75, 3.05) is 13.7 Å². The van der Waals surface area contributed by atoms with Crippen molar-refractivity contribution >= 4 is 10.0 Å². The first-order valence-corrected chi connectivity index (χ1v) is 8.85. The molecule has 6 heteroatoms. The van der Waals surface area contributed by atoms with Gasteiger partial charge in [0.05, 0.1) is 12.0 Å². The van der Waals surface area contributed by atoms with E-state index in [2.05, 4.69) is 4.72 Å². The summed E-state index contributed by atoms with van der Waals surface area (Å²) in [6, 6.07) is 4.88. The van der Waals surface area contributed by atoms with Crippen LogP contribution in [0.2, 0.25) is 0 Å². The number of ether oxygens (including phenoxy) is 1. The molecule has 0 aliphatic heterocycles. The van der Waals surface area contributed by atoms with Gasteiger partial charge in [-0.3, -0.25) is 0 Å². The highest BCUT2D eigenvalue weighted by Crippen LogP contribution is 2.24. The Hall–Kier alpha value is -1.11. The Morgan fingerprint density at radius 1 is 1.29 bits per heavy atom. The Morgan fingerprint density at radius 2 is 2.00 bits per heavy atom. The van der Waals surface area contributed by atoms with E-state index in [1.165, 1.54) is 13.5 Å². The van der Waals surface area contributed by atoms with Crippen molar-refractivity contribution in [3.63, 3.8) is 0 Å². The summed E-state index contributed by atoms with van der Waals surface area (Å²) < 4.78 is 33.0. The van der Waals surface area contributed by atoms with Gasteiger partial charge in [0.15, 0.2) is 0 Å². The minimum Gasteiger partial charge on any atom is -0.497 e. The zero-order valence-corrected chi connectivity index (χ0v) is 13.2. The lowest BCUT2D eigenvalue weighted by atomic mass is 9.96. The molecule has 0 heterocycles. The number of aliphatic hydroxyl groups excluding tert-OH is 1. The molecule has 0 atom stereocenters. The van der Waals surface area contributed by atoms with Crippen LogP contribution in [0, 0.1) is 0 Å². The molecule has 2 rings (SSSR count). The molecular formula is C15H23NO4S. The minimum atomic E-state index is -3.55. The highest BCUT2D eigenvalue weighted by atomic mass is 32.2. The third kappa shape index (κ3) is 4.18. The lowest BCUT2D eigenvalue weighted by Crippen LogP contribution is -2.36. The first kappa shape index (κ1) is 16.3. The molecule has 0 saturated heterocycles. The molecule has 0 bridgehead atoms. The van der Waals surface area contributed by atoms with E-state index >= 15 is 0 Å². The van der Waals surface area contributed by atoms with Gasteiger partial charge in [-0.15, -0.1) is 0 Å². The third-order valence-electron chi connectivity index (χ3n) is 3.87. The van der Waals surface area contributed by atoms with Crippen molar-refractivity contribution < 1.29 is 18.3 Å². The van der Waals surface area contributed by atoms with Crippen molar-refractivity contribution in [2.45, 2.75) is 49.5 Å². The van der Waals surface area contributed by atoms with E-state index in [0.717, 1.165) is 25.7 Å². The van der Waals surface area contributed by atoms with E-state index in [0.29, 0.717) is 11.3 Å². The lowest BCUT2D eigenvalue weighted by molar-refractivity contribution is 0.298. The summed E-state index contributed by atoms with van der Waals surface area (Å²) in [6.07, 6.45) is 5.39. The zero-order valence-electron chi connectivity index (χ0n) is 12.3. The van der Waals surface area contributed by atoms with Crippen LogP contribution in [0.15, 0.2) is 23.1 Å². The van der Waals surface area contributed by atoms with Crippen molar-refractivity contribution in [3.8, 4) is 5.75 Å². The van der Waals surface area contributed by atoms with Gasteiger partial charge in [0, 0.05) is 12.6 Å². The molecule has 2 N–H and O–H groups in total. The predicted octanol–water partition coefficient (Wildman–Crippen LogP) is 1.84. The third-order valence-corrected chi connectivity index (χ3v) is 5.49. The lowest BCUT2D eigenvalue weighted by Gasteiger charge is -2.23. The Kier molecular flexibility index (Phi) is 5.61. The van der Waals surface area contributed by atoms with Crippen molar-refractivity contribution in [1.82, 2.24) is 4.72 Å². The number of nitrogens with one attached hydrogen (secondary N) is 1. The summed E-state index contributed by atoms with van der Waals surface area (Å²) in [4.78, 5) is 0.239. The molecule has 0 amide bonds. The largest absolute Gasteiger partial charge is 0.497 e. The van der Waals surface area contributed by atoms with E-state index < -0.39 is 10.0 Å². The van der Waals surface area contributed by atoms with Gasteiger partial charge in [0.2, 0.25) is 10.0 Å². The summed E-state index contributed by atoms with van der Waals surface area (Å²) in [7, 11) is -2.02. The number of rotatable bonds is 6. The second-order valence-corrected chi connectivity index (χ2v) is 7.09. The van der Waals surface area contributed by atoms with Crippen LogP contribution in [0.1, 0.15) is 37.7 Å². The van der Waals surface area contributed by atoms with Crippen LogP contribution in [0.4, 0.5) is 0 Å². The van der Waals surface area contributed by atoms with Crippen molar-refractivity contribution in [2.24, 2.45) is 0 Å². The van der Waals surface area contributed by atoms with E-state index in [-0.39, 0.29) is 24.0 Å². The molecule has 1 aromatic rings. The molecule has 0 unspecified atom stereocenters. The van der Waals surface area contributed by atoms with Gasteiger partial charge in [-0.1, -0.05) is 19.3 Å². The Balaban J connectivity index is 2.25. The number of hydrogen-bond donors (Lipinski definition) is 2. The molecule has 1 aliphatic rings. The number of methoxy groups -OCH3 is 1. The van der Waals surface area contributed by atoms with E-state index in [4.69, 9.17) is 9.84 Å². The molecule has 5 nitrogen and oxygen atoms in total. The van der Waals surface area contributed by atoms with E-state index in [9.17, 15) is 8.42 Å². The fraction of sp³-hybridized carbons (Fsp3) is 0.600. The molecular weight excluding hydrogens is 290 g/mol. The smallest absolute Gasteiger partial charge is 0.241 e. The standard InChI is InChI=1S/C15H23NO4S/c1-20-14-7-8-15(12(11-14)9-10-17)21(18,19)16-13-5-3-2-4-6-13/h7-8,11,13,16-17H,2-6,9-10H2,1H3. The molecule has 0 radical (unpaired) electrons. The average molecular weight is 313 g/mol.